The van der Waals surface area contributed by atoms with E-state index in [2.05, 4.69) is 10.2 Å². The lowest BCUT2D eigenvalue weighted by Gasteiger charge is -2.11. The van der Waals surface area contributed by atoms with Crippen LogP contribution in [0.15, 0.2) is 64.5 Å². The number of ketones is 1. The fourth-order valence-corrected chi connectivity index (χ4v) is 7.05. The molecule has 9 heteroatoms. The SMILES string of the molecule is COc1ccc(-n2c(=O)c3c4c(sc3n3c(SCC(=O)c5ccccc5)nnc23)CCCCC4)cc1. The van der Waals surface area contributed by atoms with Crippen LogP contribution in [0.25, 0.3) is 21.7 Å². The summed E-state index contributed by atoms with van der Waals surface area (Å²) in [4.78, 5) is 28.9. The van der Waals surface area contributed by atoms with Crippen molar-refractivity contribution in [3.05, 3.63) is 81.0 Å². The zero-order chi connectivity index (χ0) is 24.6. The van der Waals surface area contributed by atoms with Crippen LogP contribution in [0.3, 0.4) is 0 Å². The molecular weight excluding hydrogens is 492 g/mol. The first-order valence-corrected chi connectivity index (χ1v) is 13.8. The maximum atomic E-state index is 14.0. The van der Waals surface area contributed by atoms with Gasteiger partial charge >= 0.3 is 0 Å². The van der Waals surface area contributed by atoms with Gasteiger partial charge in [-0.3, -0.25) is 9.59 Å². The van der Waals surface area contributed by atoms with E-state index in [1.807, 2.05) is 59.0 Å². The van der Waals surface area contributed by atoms with Gasteiger partial charge in [-0.25, -0.2) is 8.97 Å². The third-order valence-electron chi connectivity index (χ3n) is 6.60. The fraction of sp³-hybridized carbons (Fsp3) is 0.259. The molecule has 2 aromatic carbocycles. The number of ether oxygens (including phenoxy) is 1. The highest BCUT2D eigenvalue weighted by atomic mass is 32.2. The van der Waals surface area contributed by atoms with Crippen molar-refractivity contribution in [2.75, 3.05) is 12.9 Å². The molecule has 1 aliphatic carbocycles. The Morgan fingerprint density at radius 1 is 1.03 bits per heavy atom. The van der Waals surface area contributed by atoms with Gasteiger partial charge < -0.3 is 4.74 Å². The average Bonchev–Trinajstić information content (AvgIpc) is 3.42. The van der Waals surface area contributed by atoms with E-state index in [0.717, 1.165) is 41.5 Å². The van der Waals surface area contributed by atoms with Crippen molar-refractivity contribution >= 4 is 44.9 Å². The zero-order valence-electron chi connectivity index (χ0n) is 19.8. The van der Waals surface area contributed by atoms with E-state index in [-0.39, 0.29) is 17.1 Å². The van der Waals surface area contributed by atoms with Crippen LogP contribution < -0.4 is 10.3 Å². The number of aryl methyl sites for hydroxylation is 2. The van der Waals surface area contributed by atoms with E-state index in [4.69, 9.17) is 4.74 Å². The summed E-state index contributed by atoms with van der Waals surface area (Å²) in [6, 6.07) is 16.6. The molecule has 0 radical (unpaired) electrons. The smallest absolute Gasteiger partial charge is 0.268 e. The largest absolute Gasteiger partial charge is 0.497 e. The summed E-state index contributed by atoms with van der Waals surface area (Å²) in [6.07, 6.45) is 5.26. The number of methoxy groups -OCH3 is 1. The van der Waals surface area contributed by atoms with Gasteiger partial charge in [-0.2, -0.15) is 0 Å². The molecule has 0 spiro atoms. The van der Waals surface area contributed by atoms with Gasteiger partial charge in [-0.05, 0) is 55.5 Å². The quantitative estimate of drug-likeness (QED) is 0.172. The van der Waals surface area contributed by atoms with Gasteiger partial charge in [0.1, 0.15) is 10.6 Å². The Morgan fingerprint density at radius 2 is 1.81 bits per heavy atom. The van der Waals surface area contributed by atoms with Crippen LogP contribution in [0.5, 0.6) is 5.75 Å². The second-order valence-corrected chi connectivity index (χ2v) is 10.8. The first kappa shape index (κ1) is 23.0. The van der Waals surface area contributed by atoms with Gasteiger partial charge in [0, 0.05) is 10.4 Å². The fourth-order valence-electron chi connectivity index (χ4n) is 4.79. The number of hydrogen-bond acceptors (Lipinski definition) is 7. The molecule has 0 fully saturated rings. The van der Waals surface area contributed by atoms with Gasteiger partial charge in [-0.15, -0.1) is 21.5 Å². The van der Waals surface area contributed by atoms with E-state index in [1.54, 1.807) is 23.0 Å². The van der Waals surface area contributed by atoms with E-state index in [0.29, 0.717) is 27.9 Å². The van der Waals surface area contributed by atoms with Crippen molar-refractivity contribution in [2.45, 2.75) is 37.3 Å². The topological polar surface area (TPSA) is 78.5 Å². The first-order valence-electron chi connectivity index (χ1n) is 12.0. The third-order valence-corrected chi connectivity index (χ3v) is 8.80. The second kappa shape index (κ2) is 9.55. The molecule has 0 saturated carbocycles. The summed E-state index contributed by atoms with van der Waals surface area (Å²) in [6.45, 7) is 0. The molecule has 182 valence electrons. The lowest BCUT2D eigenvalue weighted by Crippen LogP contribution is -2.22. The molecular formula is C27H24N4O3S2. The summed E-state index contributed by atoms with van der Waals surface area (Å²) in [5, 5.41) is 10.2. The molecule has 0 aliphatic heterocycles. The van der Waals surface area contributed by atoms with Crippen molar-refractivity contribution < 1.29 is 9.53 Å². The van der Waals surface area contributed by atoms with Crippen LogP contribution in [0, 0.1) is 0 Å². The lowest BCUT2D eigenvalue weighted by molar-refractivity contribution is 0.102. The minimum absolute atomic E-state index is 0.0269. The van der Waals surface area contributed by atoms with Crippen molar-refractivity contribution in [1.82, 2.24) is 19.2 Å². The van der Waals surface area contributed by atoms with Gasteiger partial charge in [0.05, 0.1) is 23.9 Å². The molecule has 0 unspecified atom stereocenters. The van der Waals surface area contributed by atoms with Crippen LogP contribution in [-0.4, -0.2) is 37.8 Å². The average molecular weight is 517 g/mol. The number of thioether (sulfide) groups is 1. The molecule has 7 nitrogen and oxygen atoms in total. The highest BCUT2D eigenvalue weighted by Crippen LogP contribution is 2.36. The Balaban J connectivity index is 1.54. The van der Waals surface area contributed by atoms with Crippen LogP contribution in [0.4, 0.5) is 0 Å². The number of Topliss-reactive ketones (excluding diaryl/α,β-unsaturated/α-hetero) is 1. The Kier molecular flexibility index (Phi) is 6.10. The predicted molar refractivity (Wildman–Crippen MR) is 143 cm³/mol. The zero-order valence-corrected chi connectivity index (χ0v) is 21.4. The van der Waals surface area contributed by atoms with Crippen LogP contribution in [-0.2, 0) is 12.8 Å². The van der Waals surface area contributed by atoms with Gasteiger partial charge in [0.15, 0.2) is 10.9 Å². The summed E-state index contributed by atoms with van der Waals surface area (Å²) in [5.41, 5.74) is 2.45. The van der Waals surface area contributed by atoms with Crippen LogP contribution in [0.2, 0.25) is 0 Å². The van der Waals surface area contributed by atoms with Crippen molar-refractivity contribution in [1.29, 1.82) is 0 Å². The summed E-state index contributed by atoms with van der Waals surface area (Å²) in [7, 11) is 1.62. The molecule has 0 N–H and O–H groups in total. The molecule has 3 aromatic heterocycles. The standard InChI is InChI=1S/C27H24N4O3S2/c1-34-19-14-12-18(13-15-19)30-24(33)23-20-10-6-3-7-11-22(20)36-25(23)31-26(30)28-29-27(31)35-16-21(32)17-8-4-2-5-9-17/h2,4-5,8-9,12-15H,3,6-7,10-11,16H2,1H3. The molecule has 0 saturated heterocycles. The molecule has 0 atom stereocenters. The van der Waals surface area contributed by atoms with Crippen molar-refractivity contribution in [3.63, 3.8) is 0 Å². The molecule has 1 aliphatic rings. The summed E-state index contributed by atoms with van der Waals surface area (Å²) < 4.78 is 8.91. The van der Waals surface area contributed by atoms with Gasteiger partial charge in [-0.1, -0.05) is 48.5 Å². The number of nitrogens with zero attached hydrogens (tertiary/aromatic N) is 4. The molecule has 3 heterocycles. The van der Waals surface area contributed by atoms with Crippen molar-refractivity contribution in [3.8, 4) is 11.4 Å². The number of hydrogen-bond donors (Lipinski definition) is 0. The number of aromatic nitrogens is 4. The monoisotopic (exact) mass is 516 g/mol. The van der Waals surface area contributed by atoms with Crippen molar-refractivity contribution in [2.24, 2.45) is 0 Å². The summed E-state index contributed by atoms with van der Waals surface area (Å²) >= 11 is 3.02. The predicted octanol–water partition coefficient (Wildman–Crippen LogP) is 5.35. The Morgan fingerprint density at radius 3 is 2.58 bits per heavy atom. The van der Waals surface area contributed by atoms with E-state index in [9.17, 15) is 9.59 Å². The molecule has 0 bridgehead atoms. The third kappa shape index (κ3) is 3.92. The molecule has 5 aromatic rings. The normalized spacial score (nSPS) is 13.6. The van der Waals surface area contributed by atoms with Crippen LogP contribution in [0.1, 0.15) is 40.1 Å². The number of carbonyl (C=O) groups excluding carboxylic acids is 1. The maximum Gasteiger partial charge on any atom is 0.268 e. The van der Waals surface area contributed by atoms with Crippen LogP contribution >= 0.6 is 23.1 Å². The number of benzene rings is 2. The number of fused-ring (bicyclic) bond motifs is 5. The van der Waals surface area contributed by atoms with E-state index in [1.165, 1.54) is 23.1 Å². The lowest BCUT2D eigenvalue weighted by atomic mass is 10.1. The first-order chi connectivity index (χ1) is 17.7. The minimum Gasteiger partial charge on any atom is -0.497 e. The Bertz CT molecular complexity index is 1640. The second-order valence-electron chi connectivity index (χ2n) is 8.78. The highest BCUT2D eigenvalue weighted by molar-refractivity contribution is 7.99. The number of thiophene rings is 1. The van der Waals surface area contributed by atoms with E-state index < -0.39 is 0 Å². The maximum absolute atomic E-state index is 14.0. The Hall–Kier alpha value is -3.43. The molecule has 0 amide bonds. The molecule has 6 rings (SSSR count). The summed E-state index contributed by atoms with van der Waals surface area (Å²) in [5.74, 6) is 1.42. The molecule has 36 heavy (non-hydrogen) atoms. The highest BCUT2D eigenvalue weighted by Gasteiger charge is 2.25. The Labute approximate surface area is 215 Å². The van der Waals surface area contributed by atoms with E-state index >= 15 is 0 Å². The number of rotatable bonds is 6. The minimum atomic E-state index is -0.0774. The number of carbonyl (C=O) groups is 1. The van der Waals surface area contributed by atoms with Gasteiger partial charge in [0.2, 0.25) is 5.78 Å². The van der Waals surface area contributed by atoms with Gasteiger partial charge in [0.25, 0.3) is 5.56 Å².